The minimum Gasteiger partial charge on any atom is -0.441 e. The molecule has 0 fully saturated rings. The lowest BCUT2D eigenvalue weighted by molar-refractivity contribution is 0.0940. The molecule has 156 valence electrons. The Labute approximate surface area is 186 Å². The first kappa shape index (κ1) is 20.9. The molecule has 1 atom stereocenters. The Morgan fingerprint density at radius 1 is 0.968 bits per heavy atom. The molecule has 0 aliphatic rings. The molecule has 0 unspecified atom stereocenters. The van der Waals surface area contributed by atoms with Crippen LogP contribution in [0.15, 0.2) is 94.2 Å². The Morgan fingerprint density at radius 3 is 2.29 bits per heavy atom. The van der Waals surface area contributed by atoms with Gasteiger partial charge in [0.1, 0.15) is 5.76 Å². The first-order valence-corrected chi connectivity index (χ1v) is 11.2. The van der Waals surface area contributed by atoms with E-state index in [1.54, 1.807) is 23.9 Å². The zero-order chi connectivity index (χ0) is 21.6. The number of thioether (sulfide) groups is 1. The van der Waals surface area contributed by atoms with Crippen molar-refractivity contribution < 1.29 is 9.21 Å². The summed E-state index contributed by atoms with van der Waals surface area (Å²) in [5, 5.41) is 3.04. The van der Waals surface area contributed by atoms with E-state index in [-0.39, 0.29) is 11.9 Å². The van der Waals surface area contributed by atoms with Gasteiger partial charge in [-0.1, -0.05) is 48.5 Å². The van der Waals surface area contributed by atoms with Gasteiger partial charge in [0.25, 0.3) is 5.91 Å². The van der Waals surface area contributed by atoms with Gasteiger partial charge in [-0.05, 0) is 55.8 Å². The van der Waals surface area contributed by atoms with Crippen molar-refractivity contribution in [2.24, 2.45) is 0 Å². The van der Waals surface area contributed by atoms with Gasteiger partial charge >= 0.3 is 0 Å². The van der Waals surface area contributed by atoms with E-state index in [2.05, 4.69) is 22.4 Å². The monoisotopic (exact) mass is 428 g/mol. The number of benzene rings is 3. The van der Waals surface area contributed by atoms with E-state index in [9.17, 15) is 4.79 Å². The summed E-state index contributed by atoms with van der Waals surface area (Å²) in [6.07, 6.45) is 0. The Morgan fingerprint density at radius 2 is 1.61 bits per heavy atom. The fourth-order valence-electron chi connectivity index (χ4n) is 3.22. The lowest BCUT2D eigenvalue weighted by Gasteiger charge is -2.14. The Balaban J connectivity index is 1.41. The van der Waals surface area contributed by atoms with Crippen LogP contribution in [0.3, 0.4) is 0 Å². The molecule has 5 heteroatoms. The number of oxazole rings is 1. The zero-order valence-electron chi connectivity index (χ0n) is 17.5. The average Bonchev–Trinajstić information content (AvgIpc) is 3.19. The zero-order valence-corrected chi connectivity index (χ0v) is 18.4. The Bertz CT molecular complexity index is 1140. The first-order valence-electron chi connectivity index (χ1n) is 10.2. The van der Waals surface area contributed by atoms with Gasteiger partial charge < -0.3 is 9.73 Å². The molecule has 4 rings (SSSR count). The molecular weight excluding hydrogens is 404 g/mol. The van der Waals surface area contributed by atoms with Crippen molar-refractivity contribution in [2.75, 3.05) is 0 Å². The van der Waals surface area contributed by atoms with Gasteiger partial charge in [0, 0.05) is 21.8 Å². The van der Waals surface area contributed by atoms with Crippen LogP contribution in [0.25, 0.3) is 11.5 Å². The van der Waals surface area contributed by atoms with E-state index in [0.29, 0.717) is 11.5 Å². The number of nitrogens with zero attached hydrogens (tertiary/aromatic N) is 1. The van der Waals surface area contributed by atoms with E-state index >= 15 is 0 Å². The largest absolute Gasteiger partial charge is 0.441 e. The normalized spacial score (nSPS) is 11.8. The molecule has 0 bridgehead atoms. The van der Waals surface area contributed by atoms with Crippen molar-refractivity contribution in [3.05, 3.63) is 108 Å². The van der Waals surface area contributed by atoms with Crippen molar-refractivity contribution >= 4 is 17.7 Å². The molecule has 1 amide bonds. The third-order valence-electron chi connectivity index (χ3n) is 5.05. The fourth-order valence-corrected chi connectivity index (χ4v) is 4.14. The maximum absolute atomic E-state index is 12.6. The number of carbonyl (C=O) groups excluding carboxylic acids is 1. The first-order chi connectivity index (χ1) is 15.1. The number of hydrogen-bond donors (Lipinski definition) is 1. The van der Waals surface area contributed by atoms with Gasteiger partial charge in [0.15, 0.2) is 0 Å². The standard InChI is InChI=1S/C26H24N2O2S/c1-18(20-9-5-3-6-10-20)27-25(29)21-13-15-22(16-14-21)26-28-24(19(2)30-26)17-31-23-11-7-4-8-12-23/h3-16,18H,17H2,1-2H3,(H,27,29)/t18-/m1/s1. The maximum Gasteiger partial charge on any atom is 0.251 e. The van der Waals surface area contributed by atoms with E-state index in [1.165, 1.54) is 4.90 Å². The van der Waals surface area contributed by atoms with Crippen LogP contribution in [0.1, 0.15) is 40.3 Å². The minimum absolute atomic E-state index is 0.0626. The molecule has 0 aliphatic heterocycles. The van der Waals surface area contributed by atoms with Gasteiger partial charge in [-0.2, -0.15) is 0 Å². The quantitative estimate of drug-likeness (QED) is 0.345. The van der Waals surface area contributed by atoms with Crippen LogP contribution in [-0.4, -0.2) is 10.9 Å². The molecule has 0 radical (unpaired) electrons. The second-order valence-electron chi connectivity index (χ2n) is 7.31. The van der Waals surface area contributed by atoms with E-state index in [4.69, 9.17) is 4.42 Å². The molecule has 4 nitrogen and oxygen atoms in total. The predicted octanol–water partition coefficient (Wildman–Crippen LogP) is 6.43. The summed E-state index contributed by atoms with van der Waals surface area (Å²) in [5.41, 5.74) is 3.47. The SMILES string of the molecule is Cc1oc(-c2ccc(C(=O)N[C@H](C)c3ccccc3)cc2)nc1CSc1ccccc1. The number of nitrogens with one attached hydrogen (secondary N) is 1. The summed E-state index contributed by atoms with van der Waals surface area (Å²) >= 11 is 1.73. The summed E-state index contributed by atoms with van der Waals surface area (Å²) in [6.45, 7) is 3.91. The highest BCUT2D eigenvalue weighted by Crippen LogP contribution is 2.27. The van der Waals surface area contributed by atoms with Crippen LogP contribution in [0.5, 0.6) is 0 Å². The summed E-state index contributed by atoms with van der Waals surface area (Å²) in [7, 11) is 0. The fraction of sp³-hybridized carbons (Fsp3) is 0.154. The van der Waals surface area contributed by atoms with Gasteiger partial charge in [-0.3, -0.25) is 4.79 Å². The smallest absolute Gasteiger partial charge is 0.251 e. The molecule has 3 aromatic carbocycles. The summed E-state index contributed by atoms with van der Waals surface area (Å²) in [6, 6.07) is 27.5. The van der Waals surface area contributed by atoms with Crippen molar-refractivity contribution in [1.82, 2.24) is 10.3 Å². The Hall–Kier alpha value is -3.31. The number of aryl methyl sites for hydroxylation is 1. The number of hydrogen-bond acceptors (Lipinski definition) is 4. The Kier molecular flexibility index (Phi) is 6.53. The second-order valence-corrected chi connectivity index (χ2v) is 8.36. The van der Waals surface area contributed by atoms with Crippen LogP contribution in [-0.2, 0) is 5.75 Å². The molecule has 1 N–H and O–H groups in total. The molecule has 1 aromatic heterocycles. The third kappa shape index (κ3) is 5.25. The van der Waals surface area contributed by atoms with Crippen molar-refractivity contribution in [3.8, 4) is 11.5 Å². The van der Waals surface area contributed by atoms with Crippen molar-refractivity contribution in [3.63, 3.8) is 0 Å². The van der Waals surface area contributed by atoms with E-state index < -0.39 is 0 Å². The molecule has 4 aromatic rings. The van der Waals surface area contributed by atoms with Crippen LogP contribution in [0, 0.1) is 6.92 Å². The third-order valence-corrected chi connectivity index (χ3v) is 6.08. The maximum atomic E-state index is 12.6. The predicted molar refractivity (Wildman–Crippen MR) is 125 cm³/mol. The van der Waals surface area contributed by atoms with Gasteiger partial charge in [0.2, 0.25) is 5.89 Å². The highest BCUT2D eigenvalue weighted by Gasteiger charge is 2.14. The van der Waals surface area contributed by atoms with Crippen LogP contribution >= 0.6 is 11.8 Å². The summed E-state index contributed by atoms with van der Waals surface area (Å²) in [5.74, 6) is 2.03. The highest BCUT2D eigenvalue weighted by molar-refractivity contribution is 7.98. The van der Waals surface area contributed by atoms with Gasteiger partial charge in [-0.25, -0.2) is 4.98 Å². The number of aromatic nitrogens is 1. The second kappa shape index (κ2) is 9.67. The van der Waals surface area contributed by atoms with Crippen LogP contribution in [0.4, 0.5) is 0 Å². The van der Waals surface area contributed by atoms with Crippen molar-refractivity contribution in [2.45, 2.75) is 30.5 Å². The molecule has 0 saturated heterocycles. The van der Waals surface area contributed by atoms with Crippen LogP contribution < -0.4 is 5.32 Å². The minimum atomic E-state index is -0.105. The molecule has 31 heavy (non-hydrogen) atoms. The molecule has 0 aliphatic carbocycles. The average molecular weight is 429 g/mol. The van der Waals surface area contributed by atoms with Crippen molar-refractivity contribution in [1.29, 1.82) is 0 Å². The lowest BCUT2D eigenvalue weighted by atomic mass is 10.1. The van der Waals surface area contributed by atoms with Gasteiger partial charge in [0.05, 0.1) is 11.7 Å². The molecule has 0 spiro atoms. The topological polar surface area (TPSA) is 55.1 Å². The van der Waals surface area contributed by atoms with E-state index in [1.807, 2.05) is 74.5 Å². The van der Waals surface area contributed by atoms with E-state index in [0.717, 1.165) is 28.3 Å². The molecular formula is C26H24N2O2S. The van der Waals surface area contributed by atoms with Crippen LogP contribution in [0.2, 0.25) is 0 Å². The number of amides is 1. The summed E-state index contributed by atoms with van der Waals surface area (Å²) < 4.78 is 5.89. The highest BCUT2D eigenvalue weighted by atomic mass is 32.2. The molecule has 1 heterocycles. The molecule has 0 saturated carbocycles. The summed E-state index contributed by atoms with van der Waals surface area (Å²) in [4.78, 5) is 18.5. The lowest BCUT2D eigenvalue weighted by Crippen LogP contribution is -2.26. The number of rotatable bonds is 7. The number of carbonyl (C=O) groups is 1. The van der Waals surface area contributed by atoms with Gasteiger partial charge in [-0.15, -0.1) is 11.8 Å².